The number of amides is 3. The van der Waals surface area contributed by atoms with Gasteiger partial charge in [0.25, 0.3) is 11.8 Å². The molecule has 192 valence electrons. The Hall–Kier alpha value is -4.55. The number of carbonyl (C=O) groups excluding carboxylic acids is 3. The Bertz CT molecular complexity index is 1480. The Morgan fingerprint density at radius 3 is 2.68 bits per heavy atom. The van der Waals surface area contributed by atoms with E-state index in [2.05, 4.69) is 36.3 Å². The predicted molar refractivity (Wildman–Crippen MR) is 131 cm³/mol. The van der Waals surface area contributed by atoms with E-state index >= 15 is 0 Å². The van der Waals surface area contributed by atoms with E-state index in [1.807, 2.05) is 5.32 Å². The fraction of sp³-hybridized carbons (Fsp3) is 0.375. The number of aromatic nitrogens is 4. The molecule has 2 heterocycles. The first kappa shape index (κ1) is 20.6. The Kier molecular flexibility index (Phi) is 5.29. The van der Waals surface area contributed by atoms with Crippen LogP contribution in [0.5, 0.6) is 5.75 Å². The Balaban J connectivity index is 1.48. The van der Waals surface area contributed by atoms with E-state index in [4.69, 9.17) is 13.4 Å². The lowest BCUT2D eigenvalue weighted by Crippen LogP contribution is -2.33. The molecule has 4 N–H and O–H groups in total. The molecular formula is C24H26N8O5. The smallest absolute Gasteiger partial charge is 0.273 e. The van der Waals surface area contributed by atoms with Crippen LogP contribution in [0.1, 0.15) is 53.0 Å². The van der Waals surface area contributed by atoms with Crippen LogP contribution in [0.25, 0.3) is 11.5 Å². The molecule has 5 rings (SSSR count). The summed E-state index contributed by atoms with van der Waals surface area (Å²) in [5.74, 6) is -0.704. The van der Waals surface area contributed by atoms with E-state index < -0.39 is 18.4 Å². The molecule has 2 saturated carbocycles. The monoisotopic (exact) mass is 509 g/mol. The topological polar surface area (TPSA) is 173 Å². The third kappa shape index (κ3) is 4.92. The zero-order valence-corrected chi connectivity index (χ0v) is 20.0. The number of hydrogen-bond acceptors (Lipinski definition) is 10. The van der Waals surface area contributed by atoms with Crippen molar-refractivity contribution in [2.24, 2.45) is 5.92 Å². The molecular weight excluding hydrogens is 480 g/mol. The number of nitrogens with zero attached hydrogens (tertiary/aromatic N) is 4. The molecule has 3 aromatic rings. The Labute approximate surface area is 216 Å². The van der Waals surface area contributed by atoms with Crippen molar-refractivity contribution in [3.05, 3.63) is 35.8 Å². The average molecular weight is 510 g/mol. The zero-order valence-electron chi connectivity index (χ0n) is 23.0. The first-order chi connectivity index (χ1) is 19.0. The van der Waals surface area contributed by atoms with Gasteiger partial charge < -0.3 is 30.5 Å². The number of methoxy groups -OCH3 is 1. The number of carbonyl (C=O) groups is 3. The van der Waals surface area contributed by atoms with E-state index in [1.165, 1.54) is 20.1 Å². The van der Waals surface area contributed by atoms with Crippen molar-refractivity contribution in [3.8, 4) is 17.2 Å². The highest BCUT2D eigenvalue weighted by molar-refractivity contribution is 6.00. The molecule has 0 bridgehead atoms. The molecule has 1 aromatic carbocycles. The van der Waals surface area contributed by atoms with Gasteiger partial charge in [0.15, 0.2) is 23.1 Å². The molecule has 37 heavy (non-hydrogen) atoms. The Morgan fingerprint density at radius 1 is 1.19 bits per heavy atom. The van der Waals surface area contributed by atoms with Gasteiger partial charge in [-0.05, 0) is 37.8 Å². The van der Waals surface area contributed by atoms with Crippen molar-refractivity contribution < 1.29 is 27.8 Å². The fourth-order valence-electron chi connectivity index (χ4n) is 3.91. The molecule has 13 heteroatoms. The van der Waals surface area contributed by atoms with Gasteiger partial charge in [-0.2, -0.15) is 4.98 Å². The number of para-hydroxylation sites is 1. The minimum atomic E-state index is -2.77. The van der Waals surface area contributed by atoms with E-state index in [0.29, 0.717) is 29.9 Å². The van der Waals surface area contributed by atoms with E-state index in [1.54, 1.807) is 18.2 Å². The molecule has 0 radical (unpaired) electrons. The van der Waals surface area contributed by atoms with Gasteiger partial charge in [0.1, 0.15) is 5.54 Å². The van der Waals surface area contributed by atoms with Crippen LogP contribution >= 0.6 is 0 Å². The van der Waals surface area contributed by atoms with Crippen molar-refractivity contribution in [2.45, 2.75) is 38.1 Å². The third-order valence-electron chi connectivity index (χ3n) is 6.06. The van der Waals surface area contributed by atoms with Gasteiger partial charge in [0.05, 0.1) is 24.0 Å². The maximum absolute atomic E-state index is 12.7. The average Bonchev–Trinajstić information content (AvgIpc) is 3.81. The Morgan fingerprint density at radius 2 is 2.00 bits per heavy atom. The molecule has 0 aliphatic heterocycles. The number of nitrogens with one attached hydrogen (secondary N) is 4. The zero-order chi connectivity index (χ0) is 28.7. The second-order valence-electron chi connectivity index (χ2n) is 8.91. The molecule has 13 nitrogen and oxygen atoms in total. The number of hydrogen-bond donors (Lipinski definition) is 4. The molecule has 0 spiro atoms. The lowest BCUT2D eigenvalue weighted by Gasteiger charge is -2.16. The van der Waals surface area contributed by atoms with Gasteiger partial charge >= 0.3 is 0 Å². The van der Waals surface area contributed by atoms with Crippen LogP contribution in [0.15, 0.2) is 28.8 Å². The first-order valence-electron chi connectivity index (χ1n) is 13.1. The number of anilines is 3. The number of ether oxygens (including phenoxy) is 1. The summed E-state index contributed by atoms with van der Waals surface area (Å²) in [6, 6.07) is 6.39. The standard InChI is InChI=1S/C24H26N8O5/c1-12(33)29-24(9-10-24)23-28-22(37-32-23)14-5-4-6-15(19(14)36-3)26-16-11-17(27-20(34)13-7-8-13)30-31-18(16)21(35)25-2/h4-6,11,13H,7-10H2,1-3H3,(H,25,35)(H,29,33)(H2,26,27,30,34)/i2D3. The van der Waals surface area contributed by atoms with Crippen LogP contribution in [0.4, 0.5) is 17.2 Å². The highest BCUT2D eigenvalue weighted by atomic mass is 16.5. The molecule has 0 saturated heterocycles. The second-order valence-corrected chi connectivity index (χ2v) is 8.91. The summed E-state index contributed by atoms with van der Waals surface area (Å²) in [6.07, 6.45) is 2.91. The normalized spacial score (nSPS) is 17.0. The van der Waals surface area contributed by atoms with Crippen LogP contribution in [0.3, 0.4) is 0 Å². The summed E-state index contributed by atoms with van der Waals surface area (Å²) in [5.41, 5.74) is -0.155. The lowest BCUT2D eigenvalue weighted by atomic mass is 10.1. The second kappa shape index (κ2) is 9.48. The molecule has 2 fully saturated rings. The van der Waals surface area contributed by atoms with Gasteiger partial charge in [-0.15, -0.1) is 10.2 Å². The van der Waals surface area contributed by atoms with Crippen molar-refractivity contribution in [1.29, 1.82) is 0 Å². The quantitative estimate of drug-likeness (QED) is 0.334. The summed E-state index contributed by atoms with van der Waals surface area (Å²) in [5, 5.41) is 22.3. The summed E-state index contributed by atoms with van der Waals surface area (Å²) < 4.78 is 33.3. The van der Waals surface area contributed by atoms with Gasteiger partial charge in [-0.3, -0.25) is 14.4 Å². The summed E-state index contributed by atoms with van der Waals surface area (Å²) in [6.45, 7) is -1.35. The molecule has 0 unspecified atom stereocenters. The molecule has 3 amide bonds. The molecule has 2 aliphatic rings. The minimum absolute atomic E-state index is 0.0621. The number of rotatable bonds is 9. The molecule has 2 aliphatic carbocycles. The van der Waals surface area contributed by atoms with Crippen LogP contribution in [-0.2, 0) is 15.1 Å². The van der Waals surface area contributed by atoms with Crippen LogP contribution < -0.4 is 26.0 Å². The van der Waals surface area contributed by atoms with E-state index in [0.717, 1.165) is 12.8 Å². The lowest BCUT2D eigenvalue weighted by molar-refractivity contribution is -0.120. The minimum Gasteiger partial charge on any atom is -0.494 e. The summed E-state index contributed by atoms with van der Waals surface area (Å²) in [7, 11) is 1.43. The SMILES string of the molecule is [2H]C([2H])([2H])NC(=O)c1nnc(NC(=O)C2CC2)cc1Nc1cccc(-c2nc(C3(NC(C)=O)CC3)no2)c1OC. The fourth-order valence-corrected chi connectivity index (χ4v) is 3.91. The highest BCUT2D eigenvalue weighted by Crippen LogP contribution is 2.45. The first-order valence-corrected chi connectivity index (χ1v) is 11.6. The maximum Gasteiger partial charge on any atom is 0.273 e. The van der Waals surface area contributed by atoms with Gasteiger partial charge in [-0.1, -0.05) is 11.2 Å². The highest BCUT2D eigenvalue weighted by Gasteiger charge is 2.49. The van der Waals surface area contributed by atoms with Gasteiger partial charge in [-0.25, -0.2) is 0 Å². The van der Waals surface area contributed by atoms with Crippen molar-refractivity contribution in [3.63, 3.8) is 0 Å². The summed E-state index contributed by atoms with van der Waals surface area (Å²) in [4.78, 5) is 41.1. The van der Waals surface area contributed by atoms with Crippen molar-refractivity contribution >= 4 is 34.9 Å². The van der Waals surface area contributed by atoms with E-state index in [9.17, 15) is 14.4 Å². The van der Waals surface area contributed by atoms with Crippen molar-refractivity contribution in [2.75, 3.05) is 24.7 Å². The van der Waals surface area contributed by atoms with Gasteiger partial charge in [0, 0.05) is 30.0 Å². The van der Waals surface area contributed by atoms with Crippen LogP contribution in [-0.4, -0.2) is 52.1 Å². The molecule has 0 atom stereocenters. The summed E-state index contributed by atoms with van der Waals surface area (Å²) >= 11 is 0. The van der Waals surface area contributed by atoms with Crippen LogP contribution in [0.2, 0.25) is 0 Å². The van der Waals surface area contributed by atoms with Crippen LogP contribution in [0, 0.1) is 5.92 Å². The van der Waals surface area contributed by atoms with Crippen molar-refractivity contribution in [1.82, 2.24) is 31.0 Å². The molecule has 2 aromatic heterocycles. The largest absolute Gasteiger partial charge is 0.494 e. The predicted octanol–water partition coefficient (Wildman–Crippen LogP) is 2.11. The van der Waals surface area contributed by atoms with Gasteiger partial charge in [0.2, 0.25) is 11.8 Å². The van der Waals surface area contributed by atoms with E-state index in [-0.39, 0.29) is 46.6 Å². The number of benzene rings is 1. The maximum atomic E-state index is 12.7. The third-order valence-corrected chi connectivity index (χ3v) is 6.06.